The molecule has 0 saturated heterocycles. The van der Waals surface area contributed by atoms with E-state index in [1.807, 2.05) is 6.07 Å². The van der Waals surface area contributed by atoms with Crippen molar-refractivity contribution in [2.24, 2.45) is 0 Å². The molecule has 2 N–H and O–H groups in total. The second kappa shape index (κ2) is 5.21. The third kappa shape index (κ3) is 3.43. The minimum Gasteiger partial charge on any atom is -0.466 e. The van der Waals surface area contributed by atoms with Gasteiger partial charge in [-0.25, -0.2) is 0 Å². The fourth-order valence-corrected chi connectivity index (χ4v) is 1.12. The maximum atomic E-state index is 11.0. The van der Waals surface area contributed by atoms with E-state index in [0.717, 1.165) is 5.56 Å². The Labute approximate surface area is 83.1 Å². The molecule has 0 unspecified atom stereocenters. The van der Waals surface area contributed by atoms with Gasteiger partial charge in [-0.05, 0) is 25.0 Å². The molecule has 0 saturated carbocycles. The van der Waals surface area contributed by atoms with E-state index >= 15 is 0 Å². The zero-order valence-electron chi connectivity index (χ0n) is 8.19. The monoisotopic (exact) mass is 194 g/mol. The number of nitrogen functional groups attached to an aromatic ring is 1. The Bertz CT molecular complexity index is 313. The number of ether oxygens (including phenoxy) is 1. The normalized spacial score (nSPS) is 9.79. The molecular formula is C10H14N2O2. The summed E-state index contributed by atoms with van der Waals surface area (Å²) >= 11 is 0. The zero-order chi connectivity index (χ0) is 10.4. The first-order chi connectivity index (χ1) is 6.72. The fraction of sp³-hybridized carbons (Fsp3) is 0.400. The Hall–Kier alpha value is -1.58. The Morgan fingerprint density at radius 2 is 2.36 bits per heavy atom. The van der Waals surface area contributed by atoms with E-state index in [4.69, 9.17) is 10.5 Å². The number of carbonyl (C=O) groups is 1. The van der Waals surface area contributed by atoms with Crippen molar-refractivity contribution in [3.05, 3.63) is 24.0 Å². The first-order valence-electron chi connectivity index (χ1n) is 4.57. The van der Waals surface area contributed by atoms with Crippen molar-refractivity contribution in [3.8, 4) is 0 Å². The molecule has 1 heterocycles. The van der Waals surface area contributed by atoms with E-state index < -0.39 is 0 Å². The number of aryl methyl sites for hydroxylation is 1. The van der Waals surface area contributed by atoms with Crippen molar-refractivity contribution in [3.63, 3.8) is 0 Å². The van der Waals surface area contributed by atoms with Crippen LogP contribution in [0.15, 0.2) is 18.5 Å². The molecule has 0 aromatic carbocycles. The van der Waals surface area contributed by atoms with Gasteiger partial charge in [0.25, 0.3) is 0 Å². The Kier molecular flexibility index (Phi) is 3.91. The minimum absolute atomic E-state index is 0.185. The average Bonchev–Trinajstić information content (AvgIpc) is 2.15. The van der Waals surface area contributed by atoms with Crippen molar-refractivity contribution >= 4 is 11.7 Å². The van der Waals surface area contributed by atoms with Gasteiger partial charge in [-0.15, -0.1) is 0 Å². The zero-order valence-corrected chi connectivity index (χ0v) is 8.19. The van der Waals surface area contributed by atoms with Gasteiger partial charge in [0.15, 0.2) is 0 Å². The summed E-state index contributed by atoms with van der Waals surface area (Å²) in [6.07, 6.45) is 4.28. The summed E-state index contributed by atoms with van der Waals surface area (Å²) in [7, 11) is 0. The van der Waals surface area contributed by atoms with Crippen molar-refractivity contribution in [2.45, 2.75) is 19.8 Å². The van der Waals surface area contributed by atoms with Gasteiger partial charge in [0.2, 0.25) is 0 Å². The molecule has 0 aliphatic rings. The maximum Gasteiger partial charge on any atom is 0.306 e. The van der Waals surface area contributed by atoms with Gasteiger partial charge in [-0.2, -0.15) is 0 Å². The van der Waals surface area contributed by atoms with Crippen LogP contribution in [0.5, 0.6) is 0 Å². The lowest BCUT2D eigenvalue weighted by molar-refractivity contribution is -0.143. The van der Waals surface area contributed by atoms with Crippen LogP contribution in [0.25, 0.3) is 0 Å². The number of esters is 1. The predicted octanol–water partition coefficient (Wildman–Crippen LogP) is 1.16. The average molecular weight is 194 g/mol. The van der Waals surface area contributed by atoms with Crippen LogP contribution in [0.1, 0.15) is 18.9 Å². The highest BCUT2D eigenvalue weighted by atomic mass is 16.5. The van der Waals surface area contributed by atoms with Gasteiger partial charge in [-0.3, -0.25) is 9.78 Å². The van der Waals surface area contributed by atoms with E-state index in [-0.39, 0.29) is 5.97 Å². The highest BCUT2D eigenvalue weighted by Gasteiger charge is 2.02. The summed E-state index contributed by atoms with van der Waals surface area (Å²) in [4.78, 5) is 15.0. The van der Waals surface area contributed by atoms with Gasteiger partial charge in [0.05, 0.1) is 12.3 Å². The third-order valence-electron chi connectivity index (χ3n) is 1.74. The summed E-state index contributed by atoms with van der Waals surface area (Å²) in [6.45, 7) is 2.22. The maximum absolute atomic E-state index is 11.0. The van der Waals surface area contributed by atoms with Crippen LogP contribution in [0.2, 0.25) is 0 Å². The van der Waals surface area contributed by atoms with Crippen LogP contribution in [0.3, 0.4) is 0 Å². The molecule has 1 aromatic rings. The Morgan fingerprint density at radius 3 is 3.00 bits per heavy atom. The second-order valence-corrected chi connectivity index (χ2v) is 2.93. The van der Waals surface area contributed by atoms with E-state index in [2.05, 4.69) is 4.98 Å². The van der Waals surface area contributed by atoms with Gasteiger partial charge < -0.3 is 10.5 Å². The molecule has 1 rings (SSSR count). The molecule has 4 heteroatoms. The van der Waals surface area contributed by atoms with Gasteiger partial charge >= 0.3 is 5.97 Å². The third-order valence-corrected chi connectivity index (χ3v) is 1.74. The molecule has 76 valence electrons. The number of carbonyl (C=O) groups excluding carboxylic acids is 1. The van der Waals surface area contributed by atoms with Crippen molar-refractivity contribution < 1.29 is 9.53 Å². The molecule has 1 aromatic heterocycles. The predicted molar refractivity (Wildman–Crippen MR) is 53.6 cm³/mol. The lowest BCUT2D eigenvalue weighted by atomic mass is 10.1. The first-order valence-corrected chi connectivity index (χ1v) is 4.57. The van der Waals surface area contributed by atoms with Crippen LogP contribution in [0.4, 0.5) is 5.69 Å². The van der Waals surface area contributed by atoms with Crippen molar-refractivity contribution in [1.82, 2.24) is 4.98 Å². The van der Waals surface area contributed by atoms with Crippen molar-refractivity contribution in [2.75, 3.05) is 12.3 Å². The summed E-state index contributed by atoms with van der Waals surface area (Å²) in [5.41, 5.74) is 7.12. The smallest absolute Gasteiger partial charge is 0.306 e. The highest BCUT2D eigenvalue weighted by molar-refractivity contribution is 5.69. The molecule has 14 heavy (non-hydrogen) atoms. The molecule has 0 radical (unpaired) electrons. The van der Waals surface area contributed by atoms with Crippen LogP contribution in [-0.4, -0.2) is 17.6 Å². The number of hydrogen-bond donors (Lipinski definition) is 1. The van der Waals surface area contributed by atoms with E-state index in [0.29, 0.717) is 25.1 Å². The number of anilines is 1. The Balaban J connectivity index is 2.41. The molecule has 0 spiro atoms. The number of nitrogens with two attached hydrogens (primary N) is 1. The van der Waals surface area contributed by atoms with Crippen LogP contribution in [0, 0.1) is 0 Å². The first kappa shape index (κ1) is 10.5. The lowest BCUT2D eigenvalue weighted by Gasteiger charge is -2.02. The fourth-order valence-electron chi connectivity index (χ4n) is 1.12. The van der Waals surface area contributed by atoms with E-state index in [1.54, 1.807) is 19.3 Å². The Morgan fingerprint density at radius 1 is 1.57 bits per heavy atom. The SMILES string of the molecule is CCOC(=O)CCc1cncc(N)c1. The topological polar surface area (TPSA) is 65.2 Å². The molecule has 0 fully saturated rings. The van der Waals surface area contributed by atoms with E-state index in [9.17, 15) is 4.79 Å². The van der Waals surface area contributed by atoms with Crippen LogP contribution in [-0.2, 0) is 16.0 Å². The lowest BCUT2D eigenvalue weighted by Crippen LogP contribution is -2.05. The molecule has 0 atom stereocenters. The molecular weight excluding hydrogens is 180 g/mol. The number of aromatic nitrogens is 1. The molecule has 4 nitrogen and oxygen atoms in total. The number of hydrogen-bond acceptors (Lipinski definition) is 4. The standard InChI is InChI=1S/C10H14N2O2/c1-2-14-10(13)4-3-8-5-9(11)7-12-6-8/h5-7H,2-4,11H2,1H3. The van der Waals surface area contributed by atoms with Gasteiger partial charge in [0, 0.05) is 18.8 Å². The second-order valence-electron chi connectivity index (χ2n) is 2.93. The van der Waals surface area contributed by atoms with E-state index in [1.165, 1.54) is 0 Å². The summed E-state index contributed by atoms with van der Waals surface area (Å²) < 4.78 is 4.80. The number of rotatable bonds is 4. The molecule has 0 aliphatic heterocycles. The summed E-state index contributed by atoms with van der Waals surface area (Å²) in [5.74, 6) is -0.185. The minimum atomic E-state index is -0.185. The molecule has 0 bridgehead atoms. The quantitative estimate of drug-likeness (QED) is 0.730. The number of nitrogens with zero attached hydrogens (tertiary/aromatic N) is 1. The van der Waals surface area contributed by atoms with Crippen molar-refractivity contribution in [1.29, 1.82) is 0 Å². The molecule has 0 aliphatic carbocycles. The summed E-state index contributed by atoms with van der Waals surface area (Å²) in [6, 6.07) is 1.81. The largest absolute Gasteiger partial charge is 0.466 e. The van der Waals surface area contributed by atoms with Gasteiger partial charge in [0.1, 0.15) is 0 Å². The highest BCUT2D eigenvalue weighted by Crippen LogP contribution is 2.06. The van der Waals surface area contributed by atoms with Crippen LogP contribution < -0.4 is 5.73 Å². The summed E-state index contributed by atoms with van der Waals surface area (Å²) in [5, 5.41) is 0. The molecule has 0 amide bonds. The van der Waals surface area contributed by atoms with Crippen LogP contribution >= 0.6 is 0 Å². The number of pyridine rings is 1. The van der Waals surface area contributed by atoms with Gasteiger partial charge in [-0.1, -0.05) is 0 Å².